The highest BCUT2D eigenvalue weighted by molar-refractivity contribution is 5.96. The van der Waals surface area contributed by atoms with Gasteiger partial charge in [0.05, 0.1) is 6.33 Å². The number of carbonyl (C=O) groups excluding carboxylic acids is 1. The van der Waals surface area contributed by atoms with Gasteiger partial charge in [-0.15, -0.1) is 0 Å². The number of anilines is 1. The number of nitrogens with two attached hydrogens (primary N) is 1. The lowest BCUT2D eigenvalue weighted by Crippen LogP contribution is -2.27. The number of amides is 1. The van der Waals surface area contributed by atoms with Gasteiger partial charge in [0, 0.05) is 37.9 Å². The molecule has 2 heterocycles. The third-order valence-corrected chi connectivity index (χ3v) is 2.38. The zero-order valence-corrected chi connectivity index (χ0v) is 9.78. The molecule has 94 valence electrons. The SMILES string of the molecule is Nc1nccnc1C(=O)NCCCn1ccnc1. The first-order chi connectivity index (χ1) is 8.77. The van der Waals surface area contributed by atoms with Crippen molar-refractivity contribution in [2.75, 3.05) is 12.3 Å². The molecule has 0 unspecified atom stereocenters. The first-order valence-corrected chi connectivity index (χ1v) is 5.58. The van der Waals surface area contributed by atoms with Crippen molar-refractivity contribution >= 4 is 11.7 Å². The van der Waals surface area contributed by atoms with Gasteiger partial charge in [0.15, 0.2) is 11.5 Å². The van der Waals surface area contributed by atoms with Gasteiger partial charge in [-0.25, -0.2) is 15.0 Å². The van der Waals surface area contributed by atoms with Crippen molar-refractivity contribution in [3.8, 4) is 0 Å². The minimum atomic E-state index is -0.300. The maximum Gasteiger partial charge on any atom is 0.273 e. The number of hydrogen-bond donors (Lipinski definition) is 2. The molecule has 2 aromatic heterocycles. The van der Waals surface area contributed by atoms with Gasteiger partial charge in [-0.05, 0) is 6.42 Å². The second kappa shape index (κ2) is 5.76. The van der Waals surface area contributed by atoms with Gasteiger partial charge in [-0.2, -0.15) is 0 Å². The van der Waals surface area contributed by atoms with Crippen LogP contribution in [0.25, 0.3) is 0 Å². The molecule has 0 bridgehead atoms. The first kappa shape index (κ1) is 12.0. The van der Waals surface area contributed by atoms with Crippen LogP contribution in [0.1, 0.15) is 16.9 Å². The van der Waals surface area contributed by atoms with Crippen LogP contribution in [-0.2, 0) is 6.54 Å². The lowest BCUT2D eigenvalue weighted by Gasteiger charge is -2.06. The number of carbonyl (C=O) groups is 1. The first-order valence-electron chi connectivity index (χ1n) is 5.58. The Morgan fingerprint density at radius 3 is 2.89 bits per heavy atom. The van der Waals surface area contributed by atoms with Crippen molar-refractivity contribution in [2.24, 2.45) is 0 Å². The number of aryl methyl sites for hydroxylation is 1. The molecular formula is C11H14N6O. The average molecular weight is 246 g/mol. The van der Waals surface area contributed by atoms with Crippen LogP contribution in [0, 0.1) is 0 Å². The van der Waals surface area contributed by atoms with E-state index in [0.29, 0.717) is 6.54 Å². The van der Waals surface area contributed by atoms with Crippen molar-refractivity contribution in [1.29, 1.82) is 0 Å². The number of aromatic nitrogens is 4. The number of nitrogen functional groups attached to an aromatic ring is 1. The summed E-state index contributed by atoms with van der Waals surface area (Å²) in [5.74, 6) is -0.157. The average Bonchev–Trinajstić information content (AvgIpc) is 2.88. The fourth-order valence-corrected chi connectivity index (χ4v) is 1.49. The molecule has 0 aliphatic rings. The normalized spacial score (nSPS) is 10.2. The predicted octanol–water partition coefficient (Wildman–Crippen LogP) is 0.0754. The zero-order chi connectivity index (χ0) is 12.8. The van der Waals surface area contributed by atoms with Crippen molar-refractivity contribution in [3.63, 3.8) is 0 Å². The Kier molecular flexibility index (Phi) is 3.85. The summed E-state index contributed by atoms with van der Waals surface area (Å²) in [6.07, 6.45) is 9.04. The Bertz CT molecular complexity index is 510. The summed E-state index contributed by atoms with van der Waals surface area (Å²) in [4.78, 5) is 23.4. The van der Waals surface area contributed by atoms with E-state index in [1.807, 2.05) is 10.8 Å². The molecule has 0 saturated heterocycles. The van der Waals surface area contributed by atoms with Crippen LogP contribution < -0.4 is 11.1 Å². The van der Waals surface area contributed by atoms with Crippen LogP contribution in [0.3, 0.4) is 0 Å². The number of rotatable bonds is 5. The largest absolute Gasteiger partial charge is 0.382 e. The van der Waals surface area contributed by atoms with Gasteiger partial charge >= 0.3 is 0 Å². The number of nitrogens with one attached hydrogen (secondary N) is 1. The van der Waals surface area contributed by atoms with E-state index in [2.05, 4.69) is 20.3 Å². The van der Waals surface area contributed by atoms with Crippen LogP contribution in [0.4, 0.5) is 5.82 Å². The highest BCUT2D eigenvalue weighted by Gasteiger charge is 2.10. The van der Waals surface area contributed by atoms with Crippen molar-refractivity contribution in [2.45, 2.75) is 13.0 Å². The molecule has 7 nitrogen and oxygen atoms in total. The minimum Gasteiger partial charge on any atom is -0.382 e. The lowest BCUT2D eigenvalue weighted by molar-refractivity contribution is 0.0948. The molecule has 2 rings (SSSR count). The van der Waals surface area contributed by atoms with E-state index in [9.17, 15) is 4.79 Å². The molecule has 0 aliphatic heterocycles. The molecule has 2 aromatic rings. The van der Waals surface area contributed by atoms with E-state index < -0.39 is 0 Å². The second-order valence-electron chi connectivity index (χ2n) is 3.70. The van der Waals surface area contributed by atoms with Crippen LogP contribution in [-0.4, -0.2) is 32.0 Å². The maximum atomic E-state index is 11.7. The molecule has 18 heavy (non-hydrogen) atoms. The fourth-order valence-electron chi connectivity index (χ4n) is 1.49. The summed E-state index contributed by atoms with van der Waals surface area (Å²) in [5.41, 5.74) is 5.72. The molecule has 0 spiro atoms. The summed E-state index contributed by atoms with van der Waals surface area (Å²) in [5, 5.41) is 2.75. The van der Waals surface area contributed by atoms with E-state index in [1.165, 1.54) is 12.4 Å². The molecule has 0 radical (unpaired) electrons. The minimum absolute atomic E-state index is 0.143. The fraction of sp³-hybridized carbons (Fsp3) is 0.273. The quantitative estimate of drug-likeness (QED) is 0.728. The van der Waals surface area contributed by atoms with Gasteiger partial charge in [-0.1, -0.05) is 0 Å². The molecule has 0 saturated carbocycles. The number of imidazole rings is 1. The number of nitrogens with zero attached hydrogens (tertiary/aromatic N) is 4. The van der Waals surface area contributed by atoms with Gasteiger partial charge in [0.2, 0.25) is 0 Å². The molecule has 1 amide bonds. The number of hydrogen-bond acceptors (Lipinski definition) is 5. The molecule has 0 fully saturated rings. The molecule has 0 atom stereocenters. The van der Waals surface area contributed by atoms with E-state index in [1.54, 1.807) is 12.5 Å². The van der Waals surface area contributed by atoms with Gasteiger partial charge < -0.3 is 15.6 Å². The Hall–Kier alpha value is -2.44. The van der Waals surface area contributed by atoms with Crippen molar-refractivity contribution in [1.82, 2.24) is 24.8 Å². The third kappa shape index (κ3) is 3.03. The van der Waals surface area contributed by atoms with Crippen molar-refractivity contribution in [3.05, 3.63) is 36.8 Å². The second-order valence-corrected chi connectivity index (χ2v) is 3.70. The van der Waals surface area contributed by atoms with Crippen LogP contribution >= 0.6 is 0 Å². The monoisotopic (exact) mass is 246 g/mol. The van der Waals surface area contributed by atoms with Crippen LogP contribution in [0.2, 0.25) is 0 Å². The summed E-state index contributed by atoms with van der Waals surface area (Å²) in [6, 6.07) is 0. The molecule has 0 aromatic carbocycles. The highest BCUT2D eigenvalue weighted by atomic mass is 16.1. The molecule has 7 heteroatoms. The molecule has 3 N–H and O–H groups in total. The lowest BCUT2D eigenvalue weighted by atomic mass is 10.3. The predicted molar refractivity (Wildman–Crippen MR) is 65.6 cm³/mol. The topological polar surface area (TPSA) is 98.7 Å². The zero-order valence-electron chi connectivity index (χ0n) is 9.78. The molecule has 0 aliphatic carbocycles. The van der Waals surface area contributed by atoms with Gasteiger partial charge in [0.25, 0.3) is 5.91 Å². The highest BCUT2D eigenvalue weighted by Crippen LogP contribution is 2.02. The van der Waals surface area contributed by atoms with E-state index in [-0.39, 0.29) is 17.4 Å². The Labute approximate surface area is 104 Å². The summed E-state index contributed by atoms with van der Waals surface area (Å²) in [6.45, 7) is 1.35. The van der Waals surface area contributed by atoms with Crippen LogP contribution in [0.15, 0.2) is 31.1 Å². The van der Waals surface area contributed by atoms with E-state index in [0.717, 1.165) is 13.0 Å². The van der Waals surface area contributed by atoms with E-state index in [4.69, 9.17) is 5.73 Å². The van der Waals surface area contributed by atoms with Crippen LogP contribution in [0.5, 0.6) is 0 Å². The Balaban J connectivity index is 1.77. The standard InChI is InChI=1S/C11H14N6O/c12-10-9(14-3-4-15-10)11(18)16-2-1-6-17-7-5-13-8-17/h3-5,7-8H,1-2,6H2,(H2,12,15)(H,16,18). The smallest absolute Gasteiger partial charge is 0.273 e. The summed E-state index contributed by atoms with van der Waals surface area (Å²) < 4.78 is 1.95. The van der Waals surface area contributed by atoms with E-state index >= 15 is 0 Å². The maximum absolute atomic E-state index is 11.7. The molecular weight excluding hydrogens is 232 g/mol. The van der Waals surface area contributed by atoms with Gasteiger partial charge in [-0.3, -0.25) is 4.79 Å². The Morgan fingerprint density at radius 1 is 1.33 bits per heavy atom. The Morgan fingerprint density at radius 2 is 2.17 bits per heavy atom. The summed E-state index contributed by atoms with van der Waals surface area (Å²) in [7, 11) is 0. The third-order valence-electron chi connectivity index (χ3n) is 2.38. The summed E-state index contributed by atoms with van der Waals surface area (Å²) >= 11 is 0. The van der Waals surface area contributed by atoms with Gasteiger partial charge in [0.1, 0.15) is 0 Å². The van der Waals surface area contributed by atoms with Crippen molar-refractivity contribution < 1.29 is 4.79 Å².